The smallest absolute Gasteiger partial charge is 0.0569 e. The predicted octanol–water partition coefficient (Wildman–Crippen LogP) is 0.694. The minimum absolute atomic E-state index is 0.292. The molecule has 0 aliphatic carbocycles. The Balaban J connectivity index is 1.79. The first kappa shape index (κ1) is 10.4. The highest BCUT2D eigenvalue weighted by Gasteiger charge is 2.39. The fourth-order valence-electron chi connectivity index (χ4n) is 2.36. The highest BCUT2D eigenvalue weighted by molar-refractivity contribution is 4.90. The lowest BCUT2D eigenvalue weighted by atomic mass is 9.84. The van der Waals surface area contributed by atoms with Gasteiger partial charge in [-0.1, -0.05) is 6.92 Å². The third-order valence-corrected chi connectivity index (χ3v) is 3.68. The van der Waals surface area contributed by atoms with Gasteiger partial charge < -0.3 is 15.4 Å². The van der Waals surface area contributed by atoms with Crippen molar-refractivity contribution in [3.8, 4) is 0 Å². The number of piperidine rings is 1. The van der Waals surface area contributed by atoms with Gasteiger partial charge in [0, 0.05) is 18.5 Å². The average molecular weight is 198 g/mol. The number of likely N-dealkylation sites (tertiary alicyclic amines) is 1. The maximum absolute atomic E-state index is 5.81. The van der Waals surface area contributed by atoms with Crippen LogP contribution in [0.15, 0.2) is 0 Å². The molecule has 3 nitrogen and oxygen atoms in total. The van der Waals surface area contributed by atoms with Gasteiger partial charge in [0.15, 0.2) is 0 Å². The zero-order valence-electron chi connectivity index (χ0n) is 9.17. The van der Waals surface area contributed by atoms with Crippen molar-refractivity contribution in [3.05, 3.63) is 0 Å². The molecule has 0 atom stereocenters. The van der Waals surface area contributed by atoms with E-state index in [1.165, 1.54) is 25.9 Å². The number of hydrogen-bond acceptors (Lipinski definition) is 3. The summed E-state index contributed by atoms with van der Waals surface area (Å²) in [5.74, 6) is 0.915. The van der Waals surface area contributed by atoms with Gasteiger partial charge in [0.2, 0.25) is 0 Å². The lowest BCUT2D eigenvalue weighted by molar-refractivity contribution is -0.122. The van der Waals surface area contributed by atoms with Crippen molar-refractivity contribution in [3.63, 3.8) is 0 Å². The summed E-state index contributed by atoms with van der Waals surface area (Å²) in [6.45, 7) is 8.52. The van der Waals surface area contributed by atoms with Crippen molar-refractivity contribution < 1.29 is 4.74 Å². The molecule has 2 fully saturated rings. The van der Waals surface area contributed by atoms with Crippen LogP contribution in [-0.4, -0.2) is 44.3 Å². The molecule has 14 heavy (non-hydrogen) atoms. The Kier molecular flexibility index (Phi) is 3.10. The second-order valence-corrected chi connectivity index (χ2v) is 5.16. The van der Waals surface area contributed by atoms with Crippen molar-refractivity contribution >= 4 is 0 Å². The van der Waals surface area contributed by atoms with Crippen LogP contribution in [0.4, 0.5) is 0 Å². The van der Waals surface area contributed by atoms with E-state index in [-0.39, 0.29) is 0 Å². The number of rotatable bonds is 3. The Hall–Kier alpha value is -0.120. The van der Waals surface area contributed by atoms with Crippen molar-refractivity contribution in [2.24, 2.45) is 17.1 Å². The van der Waals surface area contributed by atoms with E-state index in [1.54, 1.807) is 0 Å². The van der Waals surface area contributed by atoms with Crippen molar-refractivity contribution in [1.82, 2.24) is 4.90 Å². The molecular weight excluding hydrogens is 176 g/mol. The first-order valence-corrected chi connectivity index (χ1v) is 5.74. The second-order valence-electron chi connectivity index (χ2n) is 5.16. The molecule has 2 heterocycles. The monoisotopic (exact) mass is 198 g/mol. The quantitative estimate of drug-likeness (QED) is 0.725. The molecule has 2 rings (SSSR count). The molecule has 0 amide bonds. The molecule has 0 aromatic heterocycles. The Morgan fingerprint density at radius 3 is 2.43 bits per heavy atom. The summed E-state index contributed by atoms with van der Waals surface area (Å²) in [7, 11) is 0. The maximum Gasteiger partial charge on any atom is 0.0569 e. The van der Waals surface area contributed by atoms with E-state index >= 15 is 0 Å². The summed E-state index contributed by atoms with van der Waals surface area (Å²) >= 11 is 0. The Morgan fingerprint density at radius 1 is 1.36 bits per heavy atom. The lowest BCUT2D eigenvalue weighted by Crippen LogP contribution is -2.56. The Labute approximate surface area is 86.6 Å². The van der Waals surface area contributed by atoms with Crippen LogP contribution in [-0.2, 0) is 4.74 Å². The first-order chi connectivity index (χ1) is 6.74. The van der Waals surface area contributed by atoms with Crippen LogP contribution in [0.5, 0.6) is 0 Å². The molecule has 0 unspecified atom stereocenters. The lowest BCUT2D eigenvalue weighted by Gasteiger charge is -2.45. The molecule has 0 saturated carbocycles. The summed E-state index contributed by atoms with van der Waals surface area (Å²) in [6.07, 6.45) is 2.70. The molecule has 2 aliphatic rings. The maximum atomic E-state index is 5.81. The van der Waals surface area contributed by atoms with E-state index in [2.05, 4.69) is 11.8 Å². The Morgan fingerprint density at radius 2 is 2.00 bits per heavy atom. The van der Waals surface area contributed by atoms with Crippen LogP contribution in [0.1, 0.15) is 19.8 Å². The topological polar surface area (TPSA) is 38.5 Å². The molecule has 2 N–H and O–H groups in total. The van der Waals surface area contributed by atoms with Crippen molar-refractivity contribution in [1.29, 1.82) is 0 Å². The minimum Gasteiger partial charge on any atom is -0.380 e. The van der Waals surface area contributed by atoms with Gasteiger partial charge in [0.05, 0.1) is 13.2 Å². The van der Waals surface area contributed by atoms with E-state index < -0.39 is 0 Å². The minimum atomic E-state index is 0.292. The van der Waals surface area contributed by atoms with Crippen LogP contribution in [0.2, 0.25) is 0 Å². The van der Waals surface area contributed by atoms with Gasteiger partial charge in [-0.05, 0) is 31.8 Å². The largest absolute Gasteiger partial charge is 0.380 e. The van der Waals surface area contributed by atoms with E-state index in [0.717, 1.165) is 32.2 Å². The summed E-state index contributed by atoms with van der Waals surface area (Å²) in [5, 5.41) is 0. The standard InChI is InChI=1S/C11H22N2O/c1-10-2-4-13(5-3-10)7-11(6-12)8-14-9-11/h10H,2-9,12H2,1H3. The number of nitrogens with zero attached hydrogens (tertiary/aromatic N) is 1. The zero-order chi connectivity index (χ0) is 10.0. The van der Waals surface area contributed by atoms with Gasteiger partial charge in [-0.25, -0.2) is 0 Å². The highest BCUT2D eigenvalue weighted by atomic mass is 16.5. The van der Waals surface area contributed by atoms with E-state index in [0.29, 0.717) is 5.41 Å². The summed E-state index contributed by atoms with van der Waals surface area (Å²) in [5.41, 5.74) is 6.10. The molecule has 0 bridgehead atoms. The van der Waals surface area contributed by atoms with Gasteiger partial charge in [-0.2, -0.15) is 0 Å². The van der Waals surface area contributed by atoms with Crippen LogP contribution >= 0.6 is 0 Å². The van der Waals surface area contributed by atoms with Crippen LogP contribution < -0.4 is 5.73 Å². The first-order valence-electron chi connectivity index (χ1n) is 5.74. The fraction of sp³-hybridized carbons (Fsp3) is 1.00. The molecule has 0 spiro atoms. The van der Waals surface area contributed by atoms with E-state index in [4.69, 9.17) is 10.5 Å². The predicted molar refractivity (Wildman–Crippen MR) is 57.1 cm³/mol. The summed E-state index contributed by atoms with van der Waals surface area (Å²) < 4.78 is 5.29. The fourth-order valence-corrected chi connectivity index (χ4v) is 2.36. The van der Waals surface area contributed by atoms with E-state index in [9.17, 15) is 0 Å². The Bertz CT molecular complexity index is 178. The van der Waals surface area contributed by atoms with Crippen molar-refractivity contribution in [2.45, 2.75) is 19.8 Å². The molecule has 2 aliphatic heterocycles. The number of nitrogens with two attached hydrogens (primary N) is 1. The molecule has 0 aromatic rings. The third-order valence-electron chi connectivity index (χ3n) is 3.68. The number of ether oxygens (including phenoxy) is 1. The molecule has 82 valence electrons. The molecular formula is C11H22N2O. The normalized spacial score (nSPS) is 28.7. The SMILES string of the molecule is CC1CCN(CC2(CN)COC2)CC1. The molecule has 3 heteroatoms. The zero-order valence-corrected chi connectivity index (χ0v) is 9.17. The van der Waals surface area contributed by atoms with Crippen LogP contribution in [0.3, 0.4) is 0 Å². The third kappa shape index (κ3) is 2.10. The van der Waals surface area contributed by atoms with Crippen molar-refractivity contribution in [2.75, 3.05) is 39.4 Å². The van der Waals surface area contributed by atoms with Gasteiger partial charge in [0.1, 0.15) is 0 Å². The van der Waals surface area contributed by atoms with Gasteiger partial charge in [-0.15, -0.1) is 0 Å². The van der Waals surface area contributed by atoms with Crippen LogP contribution in [0, 0.1) is 11.3 Å². The van der Waals surface area contributed by atoms with Gasteiger partial charge in [0.25, 0.3) is 0 Å². The highest BCUT2D eigenvalue weighted by Crippen LogP contribution is 2.29. The molecule has 0 aromatic carbocycles. The summed E-state index contributed by atoms with van der Waals surface area (Å²) in [4.78, 5) is 2.56. The van der Waals surface area contributed by atoms with Gasteiger partial charge in [-0.3, -0.25) is 0 Å². The molecule has 0 radical (unpaired) electrons. The number of hydrogen-bond donors (Lipinski definition) is 1. The van der Waals surface area contributed by atoms with E-state index in [1.807, 2.05) is 0 Å². The summed E-state index contributed by atoms with van der Waals surface area (Å²) in [6, 6.07) is 0. The van der Waals surface area contributed by atoms with Crippen LogP contribution in [0.25, 0.3) is 0 Å². The second kappa shape index (κ2) is 4.17. The molecule has 2 saturated heterocycles. The average Bonchev–Trinajstić information content (AvgIpc) is 2.15. The van der Waals surface area contributed by atoms with Gasteiger partial charge >= 0.3 is 0 Å².